The molecule has 0 N–H and O–H groups in total. The van der Waals surface area contributed by atoms with Gasteiger partial charge < -0.3 is 9.42 Å². The standard InChI is InChI=1S/C17H12F2N4O2/c18-11-6-12(19)8-13(7-11)23-9-10(5-15(23)24)17-21-16(22-25-17)14-3-1-2-4-20-14/h1-4,6-8,10H,5,9H2. The molecule has 0 bridgehead atoms. The fraction of sp³-hybridized carbons (Fsp3) is 0.176. The molecule has 8 heteroatoms. The molecular weight excluding hydrogens is 330 g/mol. The summed E-state index contributed by atoms with van der Waals surface area (Å²) in [6.07, 6.45) is 1.74. The number of amides is 1. The fourth-order valence-corrected chi connectivity index (χ4v) is 2.82. The minimum absolute atomic E-state index is 0.127. The SMILES string of the molecule is O=C1CC(c2nc(-c3ccccn3)no2)CN1c1cc(F)cc(F)c1. The Bertz CT molecular complexity index is 909. The molecule has 1 unspecified atom stereocenters. The average molecular weight is 342 g/mol. The highest BCUT2D eigenvalue weighted by atomic mass is 19.1. The summed E-state index contributed by atoms with van der Waals surface area (Å²) < 4.78 is 32.0. The monoisotopic (exact) mass is 342 g/mol. The molecule has 3 aromatic rings. The van der Waals surface area contributed by atoms with Crippen LogP contribution in [0.15, 0.2) is 47.1 Å². The predicted octanol–water partition coefficient (Wildman–Crippen LogP) is 2.93. The summed E-state index contributed by atoms with van der Waals surface area (Å²) in [4.78, 5) is 22.0. The van der Waals surface area contributed by atoms with Crippen LogP contribution in [0.4, 0.5) is 14.5 Å². The molecule has 1 saturated heterocycles. The number of carbonyl (C=O) groups is 1. The van der Waals surface area contributed by atoms with Crippen LogP contribution in [0.3, 0.4) is 0 Å². The van der Waals surface area contributed by atoms with E-state index in [-0.39, 0.29) is 30.5 Å². The van der Waals surface area contributed by atoms with Gasteiger partial charge in [-0.1, -0.05) is 11.2 Å². The summed E-state index contributed by atoms with van der Waals surface area (Å²) in [7, 11) is 0. The molecule has 0 radical (unpaired) electrons. The average Bonchev–Trinajstić information content (AvgIpc) is 3.21. The molecule has 126 valence electrons. The van der Waals surface area contributed by atoms with Gasteiger partial charge in [0.25, 0.3) is 0 Å². The van der Waals surface area contributed by atoms with Gasteiger partial charge >= 0.3 is 0 Å². The Labute approximate surface area is 141 Å². The van der Waals surface area contributed by atoms with E-state index in [2.05, 4.69) is 15.1 Å². The lowest BCUT2D eigenvalue weighted by molar-refractivity contribution is -0.117. The lowest BCUT2D eigenvalue weighted by atomic mass is 10.1. The normalized spacial score (nSPS) is 17.3. The van der Waals surface area contributed by atoms with Gasteiger partial charge in [-0.15, -0.1) is 0 Å². The Kier molecular flexibility index (Phi) is 3.72. The van der Waals surface area contributed by atoms with E-state index in [0.29, 0.717) is 17.4 Å². The highest BCUT2D eigenvalue weighted by Gasteiger charge is 2.35. The van der Waals surface area contributed by atoms with E-state index in [1.165, 1.54) is 4.90 Å². The van der Waals surface area contributed by atoms with Crippen molar-refractivity contribution in [2.45, 2.75) is 12.3 Å². The van der Waals surface area contributed by atoms with Gasteiger partial charge in [0.15, 0.2) is 0 Å². The van der Waals surface area contributed by atoms with Crippen molar-refractivity contribution >= 4 is 11.6 Å². The van der Waals surface area contributed by atoms with Crippen LogP contribution in [-0.4, -0.2) is 27.6 Å². The van der Waals surface area contributed by atoms with Crippen LogP contribution in [-0.2, 0) is 4.79 Å². The molecule has 1 amide bonds. The molecule has 0 aliphatic carbocycles. The van der Waals surface area contributed by atoms with E-state index >= 15 is 0 Å². The summed E-state index contributed by atoms with van der Waals surface area (Å²) in [6, 6.07) is 8.33. The zero-order chi connectivity index (χ0) is 17.4. The number of hydrogen-bond donors (Lipinski definition) is 0. The van der Waals surface area contributed by atoms with Crippen LogP contribution < -0.4 is 4.90 Å². The number of hydrogen-bond acceptors (Lipinski definition) is 5. The molecular formula is C17H12F2N4O2. The zero-order valence-electron chi connectivity index (χ0n) is 12.9. The van der Waals surface area contributed by atoms with Crippen LogP contribution in [0, 0.1) is 11.6 Å². The third-order valence-electron chi connectivity index (χ3n) is 3.97. The third kappa shape index (κ3) is 2.98. The molecule has 3 heterocycles. The number of anilines is 1. The van der Waals surface area contributed by atoms with Crippen LogP contribution >= 0.6 is 0 Å². The molecule has 1 fully saturated rings. The van der Waals surface area contributed by atoms with Gasteiger partial charge in [-0.2, -0.15) is 4.98 Å². The Morgan fingerprint density at radius 1 is 1.16 bits per heavy atom. The predicted molar refractivity (Wildman–Crippen MR) is 83.6 cm³/mol. The van der Waals surface area contributed by atoms with Crippen molar-refractivity contribution in [2.24, 2.45) is 0 Å². The molecule has 6 nitrogen and oxygen atoms in total. The second-order valence-corrected chi connectivity index (χ2v) is 5.70. The first-order chi connectivity index (χ1) is 12.1. The minimum atomic E-state index is -0.735. The highest BCUT2D eigenvalue weighted by molar-refractivity contribution is 5.96. The van der Waals surface area contributed by atoms with Gasteiger partial charge in [-0.3, -0.25) is 9.78 Å². The number of carbonyl (C=O) groups excluding carboxylic acids is 1. The van der Waals surface area contributed by atoms with Gasteiger partial charge in [0.2, 0.25) is 17.6 Å². The maximum Gasteiger partial charge on any atom is 0.232 e. The summed E-state index contributed by atoms with van der Waals surface area (Å²) >= 11 is 0. The minimum Gasteiger partial charge on any atom is -0.339 e. The molecule has 1 atom stereocenters. The third-order valence-corrected chi connectivity index (χ3v) is 3.97. The maximum atomic E-state index is 13.4. The van der Waals surface area contributed by atoms with E-state index in [4.69, 9.17) is 4.52 Å². The Balaban J connectivity index is 1.57. The number of rotatable bonds is 3. The van der Waals surface area contributed by atoms with Crippen LogP contribution in [0.1, 0.15) is 18.2 Å². The van der Waals surface area contributed by atoms with E-state index in [1.54, 1.807) is 24.4 Å². The molecule has 25 heavy (non-hydrogen) atoms. The molecule has 4 rings (SSSR count). The number of nitrogens with zero attached hydrogens (tertiary/aromatic N) is 4. The second kappa shape index (κ2) is 6.04. The van der Waals surface area contributed by atoms with Gasteiger partial charge in [-0.05, 0) is 24.3 Å². The van der Waals surface area contributed by atoms with Crippen molar-refractivity contribution in [1.82, 2.24) is 15.1 Å². The van der Waals surface area contributed by atoms with E-state index in [0.717, 1.165) is 18.2 Å². The van der Waals surface area contributed by atoms with Crippen LogP contribution in [0.2, 0.25) is 0 Å². The van der Waals surface area contributed by atoms with Crippen molar-refractivity contribution < 1.29 is 18.1 Å². The number of benzene rings is 1. The lowest BCUT2D eigenvalue weighted by Gasteiger charge is -2.16. The largest absolute Gasteiger partial charge is 0.339 e. The Morgan fingerprint density at radius 2 is 1.96 bits per heavy atom. The summed E-state index contributed by atoms with van der Waals surface area (Å²) in [5.41, 5.74) is 0.736. The first-order valence-electron chi connectivity index (χ1n) is 7.61. The molecule has 1 aliphatic heterocycles. The van der Waals surface area contributed by atoms with Gasteiger partial charge in [0, 0.05) is 30.9 Å². The van der Waals surface area contributed by atoms with Gasteiger partial charge in [0.05, 0.1) is 5.92 Å². The highest BCUT2D eigenvalue weighted by Crippen LogP contribution is 2.32. The van der Waals surface area contributed by atoms with Crippen molar-refractivity contribution in [3.63, 3.8) is 0 Å². The summed E-state index contributed by atoms with van der Waals surface area (Å²) in [5, 5.41) is 3.88. The van der Waals surface area contributed by atoms with E-state index in [1.807, 2.05) is 0 Å². The smallest absolute Gasteiger partial charge is 0.232 e. The van der Waals surface area contributed by atoms with E-state index in [9.17, 15) is 13.6 Å². The van der Waals surface area contributed by atoms with Crippen LogP contribution in [0.25, 0.3) is 11.5 Å². The zero-order valence-corrected chi connectivity index (χ0v) is 12.9. The fourth-order valence-electron chi connectivity index (χ4n) is 2.82. The van der Waals surface area contributed by atoms with E-state index < -0.39 is 11.6 Å². The Morgan fingerprint density at radius 3 is 2.68 bits per heavy atom. The molecule has 0 saturated carbocycles. The Hall–Kier alpha value is -3.16. The molecule has 1 aliphatic rings. The maximum absolute atomic E-state index is 13.4. The molecule has 1 aromatic carbocycles. The first kappa shape index (κ1) is 15.4. The van der Waals surface area contributed by atoms with Gasteiger partial charge in [0.1, 0.15) is 17.3 Å². The van der Waals surface area contributed by atoms with Crippen LogP contribution in [0.5, 0.6) is 0 Å². The summed E-state index contributed by atoms with van der Waals surface area (Å²) in [6.45, 7) is 0.214. The van der Waals surface area contributed by atoms with Crippen molar-refractivity contribution in [2.75, 3.05) is 11.4 Å². The molecule has 2 aromatic heterocycles. The topological polar surface area (TPSA) is 72.1 Å². The lowest BCUT2D eigenvalue weighted by Crippen LogP contribution is -2.24. The van der Waals surface area contributed by atoms with Gasteiger partial charge in [-0.25, -0.2) is 8.78 Å². The second-order valence-electron chi connectivity index (χ2n) is 5.70. The molecule has 0 spiro atoms. The number of pyridine rings is 1. The van der Waals surface area contributed by atoms with Crippen molar-refractivity contribution in [3.05, 3.63) is 60.1 Å². The quantitative estimate of drug-likeness (QED) is 0.732. The number of halogens is 2. The summed E-state index contributed by atoms with van der Waals surface area (Å²) in [5.74, 6) is -1.44. The van der Waals surface area contributed by atoms with Crippen molar-refractivity contribution in [1.29, 1.82) is 0 Å². The van der Waals surface area contributed by atoms with Crippen molar-refractivity contribution in [3.8, 4) is 11.5 Å². The number of aromatic nitrogens is 3. The first-order valence-corrected chi connectivity index (χ1v) is 7.61.